The van der Waals surface area contributed by atoms with Crippen LogP contribution < -0.4 is 11.1 Å². The minimum absolute atomic E-state index is 0.0251. The predicted octanol–water partition coefficient (Wildman–Crippen LogP) is 1.21. The first kappa shape index (κ1) is 16.4. The Morgan fingerprint density at radius 2 is 1.65 bits per heavy atom. The lowest BCUT2D eigenvalue weighted by Gasteiger charge is -2.37. The van der Waals surface area contributed by atoms with Crippen LogP contribution in [0.25, 0.3) is 0 Å². The summed E-state index contributed by atoms with van der Waals surface area (Å²) >= 11 is 0. The number of nitrogens with two attached hydrogens (primary N) is 1. The van der Waals surface area contributed by atoms with E-state index >= 15 is 0 Å². The SMILES string of the molecule is CCN(CC)CCNC(=O)C(C)(C)C(C)(C)N. The van der Waals surface area contributed by atoms with Gasteiger partial charge in [-0.1, -0.05) is 13.8 Å². The molecule has 0 saturated carbocycles. The quantitative estimate of drug-likeness (QED) is 0.706. The molecule has 1 amide bonds. The average Bonchev–Trinajstić information content (AvgIpc) is 2.22. The Bertz CT molecular complexity index is 240. The molecule has 102 valence electrons. The molecule has 3 N–H and O–H groups in total. The molecule has 0 saturated heterocycles. The molecule has 0 unspecified atom stereocenters. The zero-order valence-electron chi connectivity index (χ0n) is 12.3. The van der Waals surface area contributed by atoms with Gasteiger partial charge in [-0.25, -0.2) is 0 Å². The van der Waals surface area contributed by atoms with Gasteiger partial charge in [0, 0.05) is 18.6 Å². The first-order valence-corrected chi connectivity index (χ1v) is 6.46. The summed E-state index contributed by atoms with van der Waals surface area (Å²) in [5.74, 6) is 0.0251. The fourth-order valence-electron chi connectivity index (χ4n) is 1.38. The molecular weight excluding hydrogens is 214 g/mol. The summed E-state index contributed by atoms with van der Waals surface area (Å²) in [5.41, 5.74) is 4.95. The Morgan fingerprint density at radius 1 is 1.18 bits per heavy atom. The van der Waals surface area contributed by atoms with Crippen molar-refractivity contribution < 1.29 is 4.79 Å². The zero-order valence-corrected chi connectivity index (χ0v) is 12.3. The van der Waals surface area contributed by atoms with Crippen molar-refractivity contribution >= 4 is 5.91 Å². The highest BCUT2D eigenvalue weighted by Gasteiger charge is 2.40. The van der Waals surface area contributed by atoms with Crippen molar-refractivity contribution in [3.05, 3.63) is 0 Å². The van der Waals surface area contributed by atoms with Gasteiger partial charge in [0.2, 0.25) is 5.91 Å². The normalized spacial score (nSPS) is 12.9. The van der Waals surface area contributed by atoms with Crippen molar-refractivity contribution in [2.24, 2.45) is 11.1 Å². The molecule has 0 aliphatic rings. The number of hydrogen-bond acceptors (Lipinski definition) is 3. The highest BCUT2D eigenvalue weighted by molar-refractivity contribution is 5.83. The molecule has 0 bridgehead atoms. The number of carbonyl (C=O) groups is 1. The molecule has 0 aromatic heterocycles. The molecule has 0 aromatic carbocycles. The van der Waals surface area contributed by atoms with Crippen molar-refractivity contribution in [3.63, 3.8) is 0 Å². The van der Waals surface area contributed by atoms with Crippen molar-refractivity contribution in [3.8, 4) is 0 Å². The zero-order chi connectivity index (χ0) is 13.7. The minimum atomic E-state index is -0.559. The Kier molecular flexibility index (Phi) is 6.13. The molecule has 4 heteroatoms. The maximum atomic E-state index is 12.1. The molecule has 0 atom stereocenters. The summed E-state index contributed by atoms with van der Waals surface area (Å²) in [4.78, 5) is 14.3. The lowest BCUT2D eigenvalue weighted by molar-refractivity contribution is -0.132. The van der Waals surface area contributed by atoms with Gasteiger partial charge in [-0.2, -0.15) is 0 Å². The van der Waals surface area contributed by atoms with Gasteiger partial charge >= 0.3 is 0 Å². The summed E-state index contributed by atoms with van der Waals surface area (Å²) in [6.07, 6.45) is 0. The van der Waals surface area contributed by atoms with Crippen LogP contribution in [0.5, 0.6) is 0 Å². The lowest BCUT2D eigenvalue weighted by atomic mass is 9.74. The Labute approximate surface area is 106 Å². The van der Waals surface area contributed by atoms with Crippen molar-refractivity contribution in [1.29, 1.82) is 0 Å². The molecule has 0 fully saturated rings. The van der Waals surface area contributed by atoms with Crippen LogP contribution in [0.2, 0.25) is 0 Å². The van der Waals surface area contributed by atoms with Crippen LogP contribution in [0.15, 0.2) is 0 Å². The van der Waals surface area contributed by atoms with Crippen LogP contribution in [0.1, 0.15) is 41.5 Å². The molecule has 4 nitrogen and oxygen atoms in total. The fourth-order valence-corrected chi connectivity index (χ4v) is 1.38. The molecule has 0 heterocycles. The van der Waals surface area contributed by atoms with Crippen LogP contribution in [0.3, 0.4) is 0 Å². The molecule has 17 heavy (non-hydrogen) atoms. The van der Waals surface area contributed by atoms with E-state index in [1.54, 1.807) is 0 Å². The number of carbonyl (C=O) groups excluding carboxylic acids is 1. The molecule has 0 radical (unpaired) electrons. The summed E-state index contributed by atoms with van der Waals surface area (Å²) < 4.78 is 0. The van der Waals surface area contributed by atoms with Crippen LogP contribution in [0.4, 0.5) is 0 Å². The Morgan fingerprint density at radius 3 is 2.00 bits per heavy atom. The van der Waals surface area contributed by atoms with Crippen LogP contribution in [-0.4, -0.2) is 42.5 Å². The number of hydrogen-bond donors (Lipinski definition) is 2. The van der Waals surface area contributed by atoms with Gasteiger partial charge in [-0.3, -0.25) is 4.79 Å². The largest absolute Gasteiger partial charge is 0.354 e. The van der Waals surface area contributed by atoms with Gasteiger partial charge in [-0.05, 0) is 40.8 Å². The standard InChI is InChI=1S/C13H29N3O/c1-7-16(8-2)10-9-15-11(17)12(3,4)13(5,6)14/h7-10,14H2,1-6H3,(H,15,17). The van der Waals surface area contributed by atoms with E-state index in [0.717, 1.165) is 19.6 Å². The number of nitrogens with one attached hydrogen (secondary N) is 1. The highest BCUT2D eigenvalue weighted by Crippen LogP contribution is 2.28. The second-order valence-electron chi connectivity index (χ2n) is 5.63. The summed E-state index contributed by atoms with van der Waals surface area (Å²) in [6, 6.07) is 0. The van der Waals surface area contributed by atoms with Crippen LogP contribution >= 0.6 is 0 Å². The average molecular weight is 243 g/mol. The van der Waals surface area contributed by atoms with E-state index in [-0.39, 0.29) is 5.91 Å². The van der Waals surface area contributed by atoms with Crippen molar-refractivity contribution in [2.75, 3.05) is 26.2 Å². The van der Waals surface area contributed by atoms with Gasteiger partial charge in [-0.15, -0.1) is 0 Å². The monoisotopic (exact) mass is 243 g/mol. The smallest absolute Gasteiger partial charge is 0.227 e. The number of rotatable bonds is 7. The van der Waals surface area contributed by atoms with E-state index in [1.165, 1.54) is 0 Å². The van der Waals surface area contributed by atoms with Crippen LogP contribution in [0, 0.1) is 5.41 Å². The fraction of sp³-hybridized carbons (Fsp3) is 0.923. The number of likely N-dealkylation sites (N-methyl/N-ethyl adjacent to an activating group) is 1. The lowest BCUT2D eigenvalue weighted by Crippen LogP contribution is -2.56. The molecule has 0 rings (SSSR count). The van der Waals surface area contributed by atoms with Gasteiger partial charge in [0.05, 0.1) is 5.41 Å². The van der Waals surface area contributed by atoms with E-state index in [0.29, 0.717) is 6.54 Å². The second-order valence-corrected chi connectivity index (χ2v) is 5.63. The summed E-state index contributed by atoms with van der Waals surface area (Å²) in [6.45, 7) is 15.4. The molecule has 0 aromatic rings. The van der Waals surface area contributed by atoms with E-state index in [9.17, 15) is 4.79 Å². The van der Waals surface area contributed by atoms with Gasteiger partial charge in [0.25, 0.3) is 0 Å². The molecule has 0 aliphatic carbocycles. The maximum absolute atomic E-state index is 12.1. The third-order valence-corrected chi connectivity index (χ3v) is 3.79. The molecule has 0 spiro atoms. The third kappa shape index (κ3) is 4.64. The van der Waals surface area contributed by atoms with Gasteiger partial charge in [0.1, 0.15) is 0 Å². The van der Waals surface area contributed by atoms with Crippen LogP contribution in [-0.2, 0) is 4.79 Å². The third-order valence-electron chi connectivity index (χ3n) is 3.79. The number of nitrogens with zero attached hydrogens (tertiary/aromatic N) is 1. The molecular formula is C13H29N3O. The van der Waals surface area contributed by atoms with Gasteiger partial charge < -0.3 is 16.0 Å². The highest BCUT2D eigenvalue weighted by atomic mass is 16.2. The van der Waals surface area contributed by atoms with Crippen molar-refractivity contribution in [1.82, 2.24) is 10.2 Å². The summed E-state index contributed by atoms with van der Waals surface area (Å²) in [5, 5.41) is 2.97. The first-order valence-electron chi connectivity index (χ1n) is 6.46. The number of amides is 1. The molecule has 0 aliphatic heterocycles. The van der Waals surface area contributed by atoms with E-state index in [1.807, 2.05) is 27.7 Å². The predicted molar refractivity (Wildman–Crippen MR) is 72.8 cm³/mol. The maximum Gasteiger partial charge on any atom is 0.227 e. The second kappa shape index (κ2) is 6.36. The van der Waals surface area contributed by atoms with E-state index in [4.69, 9.17) is 5.73 Å². The summed E-state index contributed by atoms with van der Waals surface area (Å²) in [7, 11) is 0. The van der Waals surface area contributed by atoms with E-state index in [2.05, 4.69) is 24.1 Å². The van der Waals surface area contributed by atoms with Crippen molar-refractivity contribution in [2.45, 2.75) is 47.1 Å². The first-order chi connectivity index (χ1) is 7.66. The Hall–Kier alpha value is -0.610. The minimum Gasteiger partial charge on any atom is -0.354 e. The Balaban J connectivity index is 4.20. The van der Waals surface area contributed by atoms with Gasteiger partial charge in [0.15, 0.2) is 0 Å². The van der Waals surface area contributed by atoms with E-state index < -0.39 is 11.0 Å². The topological polar surface area (TPSA) is 58.4 Å².